The van der Waals surface area contributed by atoms with Crippen molar-refractivity contribution in [3.8, 4) is 0 Å². The van der Waals surface area contributed by atoms with Gasteiger partial charge in [-0.25, -0.2) is 19.6 Å². The van der Waals surface area contributed by atoms with Crippen LogP contribution >= 0.6 is 45.1 Å². The van der Waals surface area contributed by atoms with E-state index in [0.29, 0.717) is 11.0 Å². The van der Waals surface area contributed by atoms with E-state index in [-0.39, 0.29) is 34.4 Å². The fraction of sp³-hybridized carbons (Fsp3) is 0.364. The van der Waals surface area contributed by atoms with Gasteiger partial charge in [0, 0.05) is 33.8 Å². The zero-order chi connectivity index (χ0) is 50.2. The van der Waals surface area contributed by atoms with Gasteiger partial charge >= 0.3 is 11.9 Å². The second-order valence-electron chi connectivity index (χ2n) is 15.4. The Morgan fingerprint density at radius 2 is 0.971 bits per heavy atom. The number of carbonyl (C=O) groups is 10. The molecule has 0 radical (unpaired) electrons. The standard InChI is InChI=1S/C44H48N10O12S4/c1-67-19-33-43(63)65-17-29(51-39(59)27-13-11-23-7-3-5-9-25(23)47-27)37(57)45-16-36(56)50-32-22-70-69-21-31(41(61)53-33)49-35(55)15-46-38(58)30(18-66-44(64)34(20-68-2)54-42(32)62)52-40(60)28-14-12-24-8-4-6-10-26(24)48-28/h3-14,29-34H,15-22H2,1-2H3,(H,45,57)(H,46,58)(H,49,55)(H,50,56)(H,51,59)(H,52,60)(H,53,61)(H,54,62)/t29-,30-,31+,32+,33+,34+/m1/s1. The van der Waals surface area contributed by atoms with Crippen molar-refractivity contribution >= 4 is 126 Å². The predicted molar refractivity (Wildman–Crippen MR) is 263 cm³/mol. The number of hydrogen-bond donors (Lipinski definition) is 8. The molecular weight excluding hydrogens is 989 g/mol. The Morgan fingerprint density at radius 3 is 1.37 bits per heavy atom. The first kappa shape index (κ1) is 52.7. The Labute approximate surface area is 416 Å². The molecule has 370 valence electrons. The number of aromatic nitrogens is 2. The summed E-state index contributed by atoms with van der Waals surface area (Å²) in [6, 6.07) is 11.5. The molecule has 70 heavy (non-hydrogen) atoms. The van der Waals surface area contributed by atoms with Crippen molar-refractivity contribution in [3.05, 3.63) is 84.2 Å². The van der Waals surface area contributed by atoms with Gasteiger partial charge in [-0.3, -0.25) is 38.4 Å². The zero-order valence-electron chi connectivity index (χ0n) is 37.5. The molecule has 2 fully saturated rings. The number of cyclic esters (lactones) is 2. The first-order valence-corrected chi connectivity index (χ1v) is 26.6. The summed E-state index contributed by atoms with van der Waals surface area (Å²) in [6.07, 6.45) is 3.31. The second-order valence-corrected chi connectivity index (χ2v) is 19.7. The smallest absolute Gasteiger partial charge is 0.329 e. The van der Waals surface area contributed by atoms with Gasteiger partial charge in [0.1, 0.15) is 60.9 Å². The van der Waals surface area contributed by atoms with Crippen LogP contribution in [0.15, 0.2) is 72.8 Å². The Morgan fingerprint density at radius 1 is 0.571 bits per heavy atom. The number of para-hydroxylation sites is 2. The molecule has 8 N–H and O–H groups in total. The zero-order valence-corrected chi connectivity index (χ0v) is 40.7. The third kappa shape index (κ3) is 14.9. The molecule has 2 bridgehead atoms. The molecular formula is C44H48N10O12S4. The van der Waals surface area contributed by atoms with E-state index >= 15 is 0 Å². The molecule has 4 aromatic rings. The maximum Gasteiger partial charge on any atom is 0.329 e. The van der Waals surface area contributed by atoms with Gasteiger partial charge in [-0.2, -0.15) is 23.5 Å². The molecule has 0 saturated carbocycles. The lowest BCUT2D eigenvalue weighted by Gasteiger charge is -2.25. The number of pyridine rings is 2. The van der Waals surface area contributed by atoms with Crippen LogP contribution in [0.4, 0.5) is 0 Å². The molecule has 2 aromatic carbocycles. The van der Waals surface area contributed by atoms with Gasteiger partial charge < -0.3 is 52.0 Å². The van der Waals surface area contributed by atoms with Crippen molar-refractivity contribution in [2.45, 2.75) is 36.3 Å². The Bertz CT molecular complexity index is 2470. The highest BCUT2D eigenvalue weighted by Crippen LogP contribution is 2.24. The second kappa shape index (κ2) is 25.8. The first-order valence-electron chi connectivity index (χ1n) is 21.4. The van der Waals surface area contributed by atoms with E-state index in [0.717, 1.165) is 55.9 Å². The fourth-order valence-corrected chi connectivity index (χ4v) is 10.1. The van der Waals surface area contributed by atoms with Crippen LogP contribution in [-0.4, -0.2) is 167 Å². The lowest BCUT2D eigenvalue weighted by molar-refractivity contribution is -0.149. The molecule has 2 saturated heterocycles. The van der Waals surface area contributed by atoms with Crippen LogP contribution < -0.4 is 42.5 Å². The van der Waals surface area contributed by atoms with Crippen molar-refractivity contribution in [3.63, 3.8) is 0 Å². The summed E-state index contributed by atoms with van der Waals surface area (Å²) >= 11 is 2.33. The summed E-state index contributed by atoms with van der Waals surface area (Å²) in [5, 5.41) is 21.4. The monoisotopic (exact) mass is 1040 g/mol. The normalized spacial score (nSPS) is 22.9. The molecule has 2 aliphatic rings. The molecule has 6 rings (SSSR count). The first-order chi connectivity index (χ1) is 33.7. The van der Waals surface area contributed by atoms with Crippen LogP contribution in [0.2, 0.25) is 0 Å². The van der Waals surface area contributed by atoms with E-state index in [1.807, 2.05) is 0 Å². The van der Waals surface area contributed by atoms with Gasteiger partial charge in [-0.15, -0.1) is 0 Å². The molecule has 0 unspecified atom stereocenters. The van der Waals surface area contributed by atoms with E-state index in [2.05, 4.69) is 52.5 Å². The fourth-order valence-electron chi connectivity index (χ4n) is 6.63. The minimum absolute atomic E-state index is 0.0334. The van der Waals surface area contributed by atoms with Gasteiger partial charge in [0.05, 0.1) is 24.1 Å². The van der Waals surface area contributed by atoms with Crippen LogP contribution in [0.5, 0.6) is 0 Å². The molecule has 26 heteroatoms. The maximum absolute atomic E-state index is 13.9. The van der Waals surface area contributed by atoms with Crippen LogP contribution in [0.25, 0.3) is 21.8 Å². The number of esters is 2. The number of benzene rings is 2. The van der Waals surface area contributed by atoms with E-state index in [1.54, 1.807) is 73.2 Å². The van der Waals surface area contributed by atoms with E-state index < -0.39 is 122 Å². The Hall–Kier alpha value is -6.64. The lowest BCUT2D eigenvalue weighted by atomic mass is 10.2. The summed E-state index contributed by atoms with van der Waals surface area (Å²) in [7, 11) is 2.02. The van der Waals surface area contributed by atoms with Gasteiger partial charge in [0.25, 0.3) is 11.8 Å². The quantitative estimate of drug-likeness (QED) is 0.0781. The minimum atomic E-state index is -1.60. The largest absolute Gasteiger partial charge is 0.461 e. The van der Waals surface area contributed by atoms with Crippen LogP contribution in [-0.2, 0) is 47.8 Å². The summed E-state index contributed by atoms with van der Waals surface area (Å²) in [4.78, 5) is 145. The highest BCUT2D eigenvalue weighted by Gasteiger charge is 2.34. The van der Waals surface area contributed by atoms with Crippen LogP contribution in [0, 0.1) is 0 Å². The third-order valence-electron chi connectivity index (χ3n) is 10.3. The van der Waals surface area contributed by atoms with E-state index in [1.165, 1.54) is 12.1 Å². The molecule has 2 aromatic heterocycles. The summed E-state index contributed by atoms with van der Waals surface area (Å²) in [5.41, 5.74) is 0.829. The predicted octanol–water partition coefficient (Wildman–Crippen LogP) is -0.927. The molecule has 6 atom stereocenters. The molecule has 0 aliphatic carbocycles. The van der Waals surface area contributed by atoms with E-state index in [9.17, 15) is 47.9 Å². The number of fused-ring (bicyclic) bond motifs is 7. The number of nitrogens with one attached hydrogen (secondary N) is 8. The van der Waals surface area contributed by atoms with Gasteiger partial charge in [-0.05, 0) is 36.8 Å². The molecule has 8 amide bonds. The number of amides is 8. The number of hydrogen-bond acceptors (Lipinski definition) is 18. The van der Waals surface area contributed by atoms with Crippen molar-refractivity contribution in [1.82, 2.24) is 52.5 Å². The molecule has 22 nitrogen and oxygen atoms in total. The topological polar surface area (TPSA) is 311 Å². The summed E-state index contributed by atoms with van der Waals surface area (Å²) < 4.78 is 11.0. The number of nitrogens with zero attached hydrogens (tertiary/aromatic N) is 2. The van der Waals surface area contributed by atoms with Crippen LogP contribution in [0.3, 0.4) is 0 Å². The van der Waals surface area contributed by atoms with Gasteiger partial charge in [-0.1, -0.05) is 70.1 Å². The number of carbonyl (C=O) groups excluding carboxylic acids is 10. The number of ether oxygens (including phenoxy) is 2. The molecule has 2 aliphatic heterocycles. The summed E-state index contributed by atoms with van der Waals surface area (Å²) in [5.74, 6) is -9.44. The highest BCUT2D eigenvalue weighted by atomic mass is 33.1. The Balaban J connectivity index is 1.27. The minimum Gasteiger partial charge on any atom is -0.461 e. The highest BCUT2D eigenvalue weighted by molar-refractivity contribution is 8.76. The molecule has 0 spiro atoms. The Kier molecular flexibility index (Phi) is 19.4. The number of thioether (sulfide) groups is 2. The molecule has 4 heterocycles. The number of rotatable bonds is 8. The van der Waals surface area contributed by atoms with E-state index in [4.69, 9.17) is 9.47 Å². The van der Waals surface area contributed by atoms with Crippen molar-refractivity contribution in [1.29, 1.82) is 0 Å². The average molecular weight is 1040 g/mol. The SMILES string of the molecule is CSC[C@@H]1NC(=O)[C@@H]2CSSC[C@H](NC(=O)CNC(=O)[C@H](NC(=O)c3ccc4ccccc4n3)COC1=O)C(=O)N[C@@H](CSC)C(=O)OC[C@@H](NC(=O)c1ccc3ccccc3n1)C(=O)NCC(=O)N2. The van der Waals surface area contributed by atoms with Crippen molar-refractivity contribution < 1.29 is 57.4 Å². The van der Waals surface area contributed by atoms with Gasteiger partial charge in [0.2, 0.25) is 35.4 Å². The van der Waals surface area contributed by atoms with Crippen LogP contribution in [0.1, 0.15) is 21.0 Å². The lowest BCUT2D eigenvalue weighted by Crippen LogP contribution is -2.58. The summed E-state index contributed by atoms with van der Waals surface area (Å²) in [6.45, 7) is -2.99. The third-order valence-corrected chi connectivity index (χ3v) is 14.0. The van der Waals surface area contributed by atoms with Crippen molar-refractivity contribution in [2.24, 2.45) is 0 Å². The average Bonchev–Trinajstić information content (AvgIpc) is 3.36. The van der Waals surface area contributed by atoms with Gasteiger partial charge in [0.15, 0.2) is 0 Å². The maximum atomic E-state index is 13.9. The van der Waals surface area contributed by atoms with Crippen molar-refractivity contribution in [2.75, 3.05) is 61.8 Å².